The van der Waals surface area contributed by atoms with E-state index in [2.05, 4.69) is 0 Å². The van der Waals surface area contributed by atoms with Gasteiger partial charge in [0.2, 0.25) is 5.91 Å². The number of carbonyl (C=O) groups is 1. The van der Waals surface area contributed by atoms with Crippen LogP contribution in [0.1, 0.15) is 5.56 Å². The average Bonchev–Trinajstić information content (AvgIpc) is 2.08. The summed E-state index contributed by atoms with van der Waals surface area (Å²) in [4.78, 5) is 11.1. The Morgan fingerprint density at radius 2 is 2.15 bits per heavy atom. The second-order valence-electron chi connectivity index (χ2n) is 2.69. The number of likely N-dealkylation sites (N-methyl/N-ethyl adjacent to an activating group) is 1. The molecule has 0 fully saturated rings. The van der Waals surface area contributed by atoms with Crippen molar-refractivity contribution in [2.75, 3.05) is 7.05 Å². The van der Waals surface area contributed by atoms with E-state index in [9.17, 15) is 4.79 Å². The summed E-state index contributed by atoms with van der Waals surface area (Å²) in [6, 6.07) is 7.05. The number of nitrogens with zero attached hydrogens (tertiary/aromatic N) is 1. The zero-order chi connectivity index (χ0) is 9.84. The van der Waals surface area contributed by atoms with Gasteiger partial charge in [0.1, 0.15) is 0 Å². The highest BCUT2D eigenvalue weighted by molar-refractivity contribution is 6.31. The van der Waals surface area contributed by atoms with Gasteiger partial charge in [-0.2, -0.15) is 0 Å². The monoisotopic (exact) mass is 199 g/mol. The minimum Gasteiger partial charge on any atom is -0.286 e. The first-order valence-corrected chi connectivity index (χ1v) is 4.18. The third kappa shape index (κ3) is 2.72. The minimum absolute atomic E-state index is 0.118. The van der Waals surface area contributed by atoms with Crippen LogP contribution in [-0.4, -0.2) is 23.2 Å². The summed E-state index contributed by atoms with van der Waals surface area (Å²) in [5, 5.41) is 9.91. The molecule has 0 heterocycles. The van der Waals surface area contributed by atoms with Crippen LogP contribution >= 0.6 is 11.6 Å². The molecule has 1 amide bonds. The molecule has 0 spiro atoms. The molecule has 0 atom stereocenters. The molecule has 0 unspecified atom stereocenters. The lowest BCUT2D eigenvalue weighted by atomic mass is 10.1. The normalized spacial score (nSPS) is 9.77. The lowest BCUT2D eigenvalue weighted by molar-refractivity contribution is -0.158. The van der Waals surface area contributed by atoms with E-state index >= 15 is 0 Å². The Hall–Kier alpha value is -1.06. The van der Waals surface area contributed by atoms with E-state index in [0.29, 0.717) is 10.1 Å². The van der Waals surface area contributed by atoms with Gasteiger partial charge in [-0.25, -0.2) is 5.06 Å². The minimum atomic E-state index is -0.381. The van der Waals surface area contributed by atoms with Crippen molar-refractivity contribution in [1.82, 2.24) is 5.06 Å². The van der Waals surface area contributed by atoms with E-state index in [1.54, 1.807) is 24.3 Å². The van der Waals surface area contributed by atoms with Gasteiger partial charge in [-0.1, -0.05) is 29.8 Å². The summed E-state index contributed by atoms with van der Waals surface area (Å²) in [6.07, 6.45) is 0.118. The molecule has 0 aliphatic rings. The zero-order valence-electron chi connectivity index (χ0n) is 7.20. The molecule has 4 heteroatoms. The summed E-state index contributed by atoms with van der Waals surface area (Å²) in [7, 11) is 1.29. The number of hydrogen-bond donors (Lipinski definition) is 1. The smallest absolute Gasteiger partial charge is 0.250 e. The van der Waals surface area contributed by atoms with Crippen LogP contribution in [0.25, 0.3) is 0 Å². The van der Waals surface area contributed by atoms with E-state index in [1.165, 1.54) is 7.05 Å². The van der Waals surface area contributed by atoms with Crippen LogP contribution in [0.4, 0.5) is 0 Å². The van der Waals surface area contributed by atoms with Gasteiger partial charge in [0, 0.05) is 12.1 Å². The molecule has 13 heavy (non-hydrogen) atoms. The number of carbonyl (C=O) groups excluding carboxylic acids is 1. The van der Waals surface area contributed by atoms with Crippen LogP contribution < -0.4 is 0 Å². The molecule has 0 radical (unpaired) electrons. The van der Waals surface area contributed by atoms with Crippen molar-refractivity contribution in [2.24, 2.45) is 0 Å². The quantitative estimate of drug-likeness (QED) is 0.582. The molecule has 0 aromatic heterocycles. The van der Waals surface area contributed by atoms with Crippen LogP contribution in [0.5, 0.6) is 0 Å². The van der Waals surface area contributed by atoms with Crippen molar-refractivity contribution in [1.29, 1.82) is 0 Å². The maximum atomic E-state index is 11.1. The van der Waals surface area contributed by atoms with Crippen molar-refractivity contribution in [3.05, 3.63) is 34.9 Å². The fourth-order valence-corrected chi connectivity index (χ4v) is 1.12. The molecule has 1 rings (SSSR count). The van der Waals surface area contributed by atoms with Crippen LogP contribution in [0.15, 0.2) is 24.3 Å². The predicted octanol–water partition coefficient (Wildman–Crippen LogP) is 1.73. The van der Waals surface area contributed by atoms with Crippen LogP contribution in [-0.2, 0) is 11.2 Å². The van der Waals surface area contributed by atoms with Gasteiger partial charge in [0.25, 0.3) is 0 Å². The summed E-state index contributed by atoms with van der Waals surface area (Å²) in [6.45, 7) is 0. The molecule has 0 saturated heterocycles. The summed E-state index contributed by atoms with van der Waals surface area (Å²) >= 11 is 5.82. The molecule has 0 bridgehead atoms. The van der Waals surface area contributed by atoms with Gasteiger partial charge in [-0.3, -0.25) is 10.0 Å². The van der Waals surface area contributed by atoms with Crippen molar-refractivity contribution >= 4 is 17.5 Å². The number of benzene rings is 1. The maximum Gasteiger partial charge on any atom is 0.250 e. The van der Waals surface area contributed by atoms with Crippen molar-refractivity contribution in [3.63, 3.8) is 0 Å². The molecule has 1 aromatic rings. The van der Waals surface area contributed by atoms with Gasteiger partial charge in [-0.15, -0.1) is 0 Å². The molecule has 0 saturated carbocycles. The first-order valence-electron chi connectivity index (χ1n) is 3.80. The fourth-order valence-electron chi connectivity index (χ4n) is 0.919. The van der Waals surface area contributed by atoms with E-state index in [-0.39, 0.29) is 12.3 Å². The molecule has 3 nitrogen and oxygen atoms in total. The number of hydroxylamine groups is 2. The molecule has 0 aliphatic heterocycles. The largest absolute Gasteiger partial charge is 0.286 e. The molecular weight excluding hydrogens is 190 g/mol. The van der Waals surface area contributed by atoms with E-state index < -0.39 is 0 Å². The number of rotatable bonds is 2. The third-order valence-corrected chi connectivity index (χ3v) is 2.03. The van der Waals surface area contributed by atoms with Crippen molar-refractivity contribution in [3.8, 4) is 0 Å². The van der Waals surface area contributed by atoms with Crippen molar-refractivity contribution < 1.29 is 10.0 Å². The second kappa shape index (κ2) is 4.25. The Labute approximate surface area is 81.5 Å². The Bertz CT molecular complexity index is 312. The molecule has 0 aliphatic carbocycles. The van der Waals surface area contributed by atoms with E-state index in [4.69, 9.17) is 16.8 Å². The number of hydrogen-bond acceptors (Lipinski definition) is 2. The summed E-state index contributed by atoms with van der Waals surface area (Å²) in [5.74, 6) is -0.381. The van der Waals surface area contributed by atoms with Gasteiger partial charge in [0.05, 0.1) is 6.42 Å². The van der Waals surface area contributed by atoms with E-state index in [1.807, 2.05) is 0 Å². The Morgan fingerprint density at radius 1 is 1.54 bits per heavy atom. The van der Waals surface area contributed by atoms with Crippen LogP contribution in [0.3, 0.4) is 0 Å². The Morgan fingerprint density at radius 3 is 2.69 bits per heavy atom. The Kier molecular flexibility index (Phi) is 3.28. The highest BCUT2D eigenvalue weighted by atomic mass is 35.5. The highest BCUT2D eigenvalue weighted by Crippen LogP contribution is 2.15. The molecule has 1 aromatic carbocycles. The first-order chi connectivity index (χ1) is 6.11. The number of amides is 1. The zero-order valence-corrected chi connectivity index (χ0v) is 7.95. The average molecular weight is 200 g/mol. The predicted molar refractivity (Wildman–Crippen MR) is 49.7 cm³/mol. The molecular formula is C9H10ClNO2. The van der Waals surface area contributed by atoms with Gasteiger partial charge < -0.3 is 0 Å². The first kappa shape index (κ1) is 10.0. The lowest BCUT2D eigenvalue weighted by Crippen LogP contribution is -2.24. The number of halogens is 1. The maximum absolute atomic E-state index is 11.1. The summed E-state index contributed by atoms with van der Waals surface area (Å²) < 4.78 is 0. The fraction of sp³-hybridized carbons (Fsp3) is 0.222. The Balaban J connectivity index is 2.75. The standard InChI is InChI=1S/C9H10ClNO2/c1-11(13)9(12)6-7-4-2-3-5-8(7)10/h2-5,13H,6H2,1H3. The van der Waals surface area contributed by atoms with Crippen LogP contribution in [0, 0.1) is 0 Å². The molecule has 70 valence electrons. The van der Waals surface area contributed by atoms with Gasteiger partial charge >= 0.3 is 0 Å². The third-order valence-electron chi connectivity index (χ3n) is 1.66. The SMILES string of the molecule is CN(O)C(=O)Cc1ccccc1Cl. The van der Waals surface area contributed by atoms with Crippen molar-refractivity contribution in [2.45, 2.75) is 6.42 Å². The molecule has 1 N–H and O–H groups in total. The highest BCUT2D eigenvalue weighted by Gasteiger charge is 2.08. The lowest BCUT2D eigenvalue weighted by Gasteiger charge is -2.08. The van der Waals surface area contributed by atoms with Crippen LogP contribution in [0.2, 0.25) is 5.02 Å². The topological polar surface area (TPSA) is 40.5 Å². The summed E-state index contributed by atoms with van der Waals surface area (Å²) in [5.41, 5.74) is 0.718. The van der Waals surface area contributed by atoms with E-state index in [0.717, 1.165) is 5.56 Å². The second-order valence-corrected chi connectivity index (χ2v) is 3.09. The van der Waals surface area contributed by atoms with Gasteiger partial charge in [-0.05, 0) is 11.6 Å². The van der Waals surface area contributed by atoms with Gasteiger partial charge in [0.15, 0.2) is 0 Å².